The van der Waals surface area contributed by atoms with Crippen LogP contribution < -0.4 is 14.4 Å². The molecule has 3 heterocycles. The van der Waals surface area contributed by atoms with E-state index in [1.807, 2.05) is 30.3 Å². The second kappa shape index (κ2) is 11.9. The molecule has 0 bridgehead atoms. The predicted octanol–water partition coefficient (Wildman–Crippen LogP) is 2.15. The molecule has 5 rings (SSSR count). The highest BCUT2D eigenvalue weighted by molar-refractivity contribution is 6.40. The number of nitrogens with zero attached hydrogens (tertiary/aromatic N) is 2. The van der Waals surface area contributed by atoms with Gasteiger partial charge in [-0.05, 0) is 45.2 Å². The number of carbonyl (C=O) groups excluding carboxylic acids is 4. The molecule has 0 saturated carbocycles. The Hall–Kier alpha value is -4.04. The zero-order valence-electron chi connectivity index (χ0n) is 24.2. The third kappa shape index (κ3) is 6.07. The average Bonchev–Trinajstić information content (AvgIpc) is 3.43. The van der Waals surface area contributed by atoms with Crippen molar-refractivity contribution in [2.24, 2.45) is 0 Å². The Morgan fingerprint density at radius 1 is 1.05 bits per heavy atom. The molecule has 230 valence electrons. The Bertz CT molecular complexity index is 1410. The van der Waals surface area contributed by atoms with Crippen molar-refractivity contribution in [3.05, 3.63) is 53.6 Å². The third-order valence-electron chi connectivity index (χ3n) is 7.26. The van der Waals surface area contributed by atoms with E-state index in [0.717, 1.165) is 10.5 Å². The molecule has 13 heteroatoms. The number of carbonyl (C=O) groups is 4. The molecule has 0 aromatic heterocycles. The monoisotopic (exact) mass is 598 g/mol. The lowest BCUT2D eigenvalue weighted by molar-refractivity contribution is -0.269. The number of benzene rings is 2. The van der Waals surface area contributed by atoms with E-state index in [2.05, 4.69) is 0 Å². The van der Waals surface area contributed by atoms with E-state index >= 15 is 0 Å². The first kappa shape index (κ1) is 30.4. The summed E-state index contributed by atoms with van der Waals surface area (Å²) >= 11 is 0. The molecule has 0 radical (unpaired) electrons. The van der Waals surface area contributed by atoms with Gasteiger partial charge in [0.05, 0.1) is 24.4 Å². The van der Waals surface area contributed by atoms with E-state index in [1.54, 1.807) is 20.8 Å². The molecule has 3 unspecified atom stereocenters. The smallest absolute Gasteiger partial charge is 0.417 e. The number of hydrogen-bond donors (Lipinski definition) is 2. The standard InChI is InChI=1S/C30H34N2O11/c1-30(2,3)43-29(38)32-19-14-21(40-15-16-9-6-5-7-10-16)20(39-4)13-17(19)25(36)31-12-8-11-18(31)26(32)41-28-24(35)22(33)23(34)27(37)42-28/h5-7,9-10,13-14,18,23,26-28,34,37H,8,11-12,15H2,1-4H3/t18-,23?,26-,27?,28?/m0/s1. The molecule has 13 nitrogen and oxygen atoms in total. The second-order valence-corrected chi connectivity index (χ2v) is 11.4. The number of aliphatic hydroxyl groups is 2. The Kier molecular flexibility index (Phi) is 8.43. The summed E-state index contributed by atoms with van der Waals surface area (Å²) < 4.78 is 28.5. The summed E-state index contributed by atoms with van der Waals surface area (Å²) in [5.41, 5.74) is 0.0349. The molecule has 43 heavy (non-hydrogen) atoms. The fourth-order valence-corrected chi connectivity index (χ4v) is 5.27. The molecular formula is C30H34N2O11. The van der Waals surface area contributed by atoms with Gasteiger partial charge in [-0.3, -0.25) is 14.4 Å². The van der Waals surface area contributed by atoms with E-state index in [-0.39, 0.29) is 29.4 Å². The molecule has 2 aromatic carbocycles. The van der Waals surface area contributed by atoms with Gasteiger partial charge < -0.3 is 38.8 Å². The fraction of sp³-hybridized carbons (Fsp3) is 0.467. The first-order valence-electron chi connectivity index (χ1n) is 13.9. The van der Waals surface area contributed by atoms with Gasteiger partial charge in [-0.1, -0.05) is 30.3 Å². The third-order valence-corrected chi connectivity index (χ3v) is 7.26. The molecule has 2 N–H and O–H groups in total. The summed E-state index contributed by atoms with van der Waals surface area (Å²) in [5, 5.41) is 19.9. The SMILES string of the molecule is COc1cc2c(cc1OCc1ccccc1)N(C(=O)OC(C)(C)C)[C@@H](OC1OC(O)C(O)C(=O)C1=O)[C@@H]1CCCN1C2=O. The van der Waals surface area contributed by atoms with Gasteiger partial charge in [-0.2, -0.15) is 0 Å². The van der Waals surface area contributed by atoms with Crippen molar-refractivity contribution >= 4 is 29.3 Å². The zero-order chi connectivity index (χ0) is 31.1. The topological polar surface area (TPSA) is 161 Å². The van der Waals surface area contributed by atoms with Gasteiger partial charge >= 0.3 is 6.09 Å². The Balaban J connectivity index is 1.62. The summed E-state index contributed by atoms with van der Waals surface area (Å²) in [4.78, 5) is 55.6. The van der Waals surface area contributed by atoms with E-state index in [1.165, 1.54) is 24.1 Å². The number of methoxy groups -OCH3 is 1. The van der Waals surface area contributed by atoms with Gasteiger partial charge in [-0.15, -0.1) is 0 Å². The summed E-state index contributed by atoms with van der Waals surface area (Å²) in [6, 6.07) is 11.5. The van der Waals surface area contributed by atoms with Crippen LogP contribution in [0.2, 0.25) is 0 Å². The second-order valence-electron chi connectivity index (χ2n) is 11.4. The van der Waals surface area contributed by atoms with Gasteiger partial charge in [0.1, 0.15) is 12.2 Å². The molecule has 2 amide bonds. The Morgan fingerprint density at radius 3 is 2.44 bits per heavy atom. The number of fused-ring (bicyclic) bond motifs is 2. The molecule has 2 fully saturated rings. The average molecular weight is 599 g/mol. The minimum absolute atomic E-state index is 0.0534. The maximum Gasteiger partial charge on any atom is 0.417 e. The van der Waals surface area contributed by atoms with Crippen molar-refractivity contribution in [3.63, 3.8) is 0 Å². The molecule has 2 aromatic rings. The molecule has 3 aliphatic heterocycles. The maximum absolute atomic E-state index is 13.9. The maximum atomic E-state index is 13.9. The van der Waals surface area contributed by atoms with Gasteiger partial charge in [0.15, 0.2) is 30.1 Å². The number of rotatable bonds is 6. The summed E-state index contributed by atoms with van der Waals surface area (Å²) in [6.45, 7) is 5.47. The van der Waals surface area contributed by atoms with Crippen molar-refractivity contribution in [2.75, 3.05) is 18.6 Å². The Morgan fingerprint density at radius 2 is 1.77 bits per heavy atom. The molecule has 0 aliphatic carbocycles. The number of hydrogen-bond acceptors (Lipinski definition) is 11. The fourth-order valence-electron chi connectivity index (χ4n) is 5.27. The number of anilines is 1. The first-order valence-corrected chi connectivity index (χ1v) is 13.9. The van der Waals surface area contributed by atoms with Crippen LogP contribution in [0, 0.1) is 0 Å². The van der Waals surface area contributed by atoms with Crippen LogP contribution in [0.1, 0.15) is 49.5 Å². The van der Waals surface area contributed by atoms with E-state index in [9.17, 15) is 29.4 Å². The summed E-state index contributed by atoms with van der Waals surface area (Å²) in [5.74, 6) is -2.51. The largest absolute Gasteiger partial charge is 0.493 e. The number of amides is 2. The highest BCUT2D eigenvalue weighted by Gasteiger charge is 2.51. The Labute approximate surface area is 247 Å². The normalized spacial score (nSPS) is 25.6. The van der Waals surface area contributed by atoms with Crippen molar-refractivity contribution in [1.29, 1.82) is 0 Å². The lowest BCUT2D eigenvalue weighted by Gasteiger charge is -2.39. The molecule has 2 saturated heterocycles. The van der Waals surface area contributed by atoms with Crippen LogP contribution in [-0.4, -0.2) is 88.9 Å². The van der Waals surface area contributed by atoms with Crippen LogP contribution in [-0.2, 0) is 30.4 Å². The quantitative estimate of drug-likeness (QED) is 0.469. The van der Waals surface area contributed by atoms with E-state index in [4.69, 9.17) is 23.7 Å². The minimum atomic E-state index is -2.08. The van der Waals surface area contributed by atoms with Crippen molar-refractivity contribution in [1.82, 2.24) is 4.90 Å². The van der Waals surface area contributed by atoms with Crippen LogP contribution >= 0.6 is 0 Å². The highest BCUT2D eigenvalue weighted by Crippen LogP contribution is 2.43. The van der Waals surface area contributed by atoms with Crippen LogP contribution in [0.15, 0.2) is 42.5 Å². The highest BCUT2D eigenvalue weighted by atomic mass is 16.7. The predicted molar refractivity (Wildman–Crippen MR) is 148 cm³/mol. The molecule has 0 spiro atoms. The number of aliphatic hydroxyl groups excluding tert-OH is 2. The molecule has 5 atom stereocenters. The summed E-state index contributed by atoms with van der Waals surface area (Å²) in [7, 11) is 1.43. The number of ether oxygens (including phenoxy) is 5. The number of Topliss-reactive ketones (excluding diaryl/α,β-unsaturated/α-hetero) is 2. The lowest BCUT2D eigenvalue weighted by atomic mass is 10.1. The van der Waals surface area contributed by atoms with Gasteiger partial charge in [0, 0.05) is 12.6 Å². The van der Waals surface area contributed by atoms with Crippen LogP contribution in [0.5, 0.6) is 11.5 Å². The van der Waals surface area contributed by atoms with Gasteiger partial charge in [0.25, 0.3) is 11.7 Å². The van der Waals surface area contributed by atoms with Crippen molar-refractivity contribution < 1.29 is 53.1 Å². The zero-order valence-corrected chi connectivity index (χ0v) is 24.2. The van der Waals surface area contributed by atoms with Crippen LogP contribution in [0.3, 0.4) is 0 Å². The molecule has 3 aliphatic rings. The van der Waals surface area contributed by atoms with Crippen molar-refractivity contribution in [3.8, 4) is 11.5 Å². The van der Waals surface area contributed by atoms with Crippen molar-refractivity contribution in [2.45, 2.75) is 76.8 Å². The van der Waals surface area contributed by atoms with Gasteiger partial charge in [0.2, 0.25) is 12.1 Å². The minimum Gasteiger partial charge on any atom is -0.493 e. The summed E-state index contributed by atoms with van der Waals surface area (Å²) in [6.07, 6.45) is -7.46. The molecular weight excluding hydrogens is 564 g/mol. The number of ketones is 2. The van der Waals surface area contributed by atoms with Crippen LogP contribution in [0.25, 0.3) is 0 Å². The first-order chi connectivity index (χ1) is 20.4. The van der Waals surface area contributed by atoms with Crippen LogP contribution in [0.4, 0.5) is 10.5 Å². The van der Waals surface area contributed by atoms with Gasteiger partial charge in [-0.25, -0.2) is 9.69 Å². The van der Waals surface area contributed by atoms with E-state index < -0.39 is 60.1 Å². The van der Waals surface area contributed by atoms with E-state index in [0.29, 0.717) is 19.4 Å². The lowest BCUT2D eigenvalue weighted by Crippen LogP contribution is -2.59.